The smallest absolute Gasteiger partial charge is 0.233 e. The first-order valence-corrected chi connectivity index (χ1v) is 8.10. The minimum Gasteiger partial charge on any atom is -0.355 e. The molecule has 0 fully saturated rings. The first kappa shape index (κ1) is 14.2. The van der Waals surface area contributed by atoms with Crippen LogP contribution in [0.3, 0.4) is 0 Å². The van der Waals surface area contributed by atoms with E-state index in [2.05, 4.69) is 35.4 Å². The van der Waals surface area contributed by atoms with Gasteiger partial charge >= 0.3 is 0 Å². The summed E-state index contributed by atoms with van der Waals surface area (Å²) in [6.07, 6.45) is 7.27. The molecule has 1 amide bonds. The average Bonchev–Trinajstić information content (AvgIpc) is 3.11. The van der Waals surface area contributed by atoms with Crippen LogP contribution in [0.2, 0.25) is 0 Å². The van der Waals surface area contributed by atoms with Crippen molar-refractivity contribution in [3.05, 3.63) is 48.0 Å². The molecule has 1 aliphatic rings. The molecule has 5 heteroatoms. The number of aromatic nitrogens is 2. The number of amides is 1. The third-order valence-corrected chi connectivity index (χ3v) is 4.94. The van der Waals surface area contributed by atoms with Crippen LogP contribution in [-0.4, -0.2) is 27.3 Å². The van der Waals surface area contributed by atoms with Gasteiger partial charge in [0.25, 0.3) is 0 Å². The van der Waals surface area contributed by atoms with Crippen molar-refractivity contribution in [1.29, 1.82) is 0 Å². The maximum absolute atomic E-state index is 12.2. The number of nitrogens with zero attached hydrogens (tertiary/aromatic N) is 2. The lowest BCUT2D eigenvalue weighted by Crippen LogP contribution is -2.33. The van der Waals surface area contributed by atoms with E-state index in [0.29, 0.717) is 6.54 Å². The third kappa shape index (κ3) is 3.47. The Morgan fingerprint density at radius 2 is 2.43 bits per heavy atom. The van der Waals surface area contributed by atoms with Gasteiger partial charge in [-0.25, -0.2) is 4.98 Å². The van der Waals surface area contributed by atoms with Crippen LogP contribution in [0.1, 0.15) is 17.5 Å². The Bertz CT molecular complexity index is 624. The van der Waals surface area contributed by atoms with Crippen LogP contribution in [0.25, 0.3) is 0 Å². The Morgan fingerprint density at radius 1 is 1.52 bits per heavy atom. The molecule has 1 aliphatic heterocycles. The van der Waals surface area contributed by atoms with Crippen molar-refractivity contribution in [3.8, 4) is 0 Å². The lowest BCUT2D eigenvalue weighted by molar-refractivity contribution is -0.120. The Kier molecular flexibility index (Phi) is 4.29. The Morgan fingerprint density at radius 3 is 3.24 bits per heavy atom. The van der Waals surface area contributed by atoms with Gasteiger partial charge in [-0.1, -0.05) is 17.7 Å². The Balaban J connectivity index is 1.45. The molecule has 0 aliphatic carbocycles. The van der Waals surface area contributed by atoms with E-state index < -0.39 is 0 Å². The van der Waals surface area contributed by atoms with E-state index >= 15 is 0 Å². The lowest BCUT2D eigenvalue weighted by Gasteiger charge is -2.10. The normalized spacial score (nSPS) is 16.7. The van der Waals surface area contributed by atoms with Crippen LogP contribution in [-0.2, 0) is 17.8 Å². The number of carbonyl (C=O) groups excluding carboxylic acids is 1. The quantitative estimate of drug-likeness (QED) is 0.863. The Labute approximate surface area is 129 Å². The summed E-state index contributed by atoms with van der Waals surface area (Å²) in [7, 11) is 0. The highest BCUT2D eigenvalue weighted by Crippen LogP contribution is 2.37. The standard InChI is InChI=1S/C16H19N3OS/c1-12-3-4-13-10-15(21-14(13)9-12)16(20)18-5-2-7-19-8-6-17-11-19/h3-4,6,8-9,11,15H,2,5,7,10H2,1H3,(H,18,20)/t15-/m0/s1. The van der Waals surface area contributed by atoms with E-state index in [4.69, 9.17) is 0 Å². The zero-order chi connectivity index (χ0) is 14.7. The van der Waals surface area contributed by atoms with Crippen molar-refractivity contribution in [2.45, 2.75) is 36.5 Å². The number of hydrogen-bond donors (Lipinski definition) is 1. The molecule has 0 spiro atoms. The van der Waals surface area contributed by atoms with Gasteiger partial charge < -0.3 is 9.88 Å². The second-order valence-electron chi connectivity index (χ2n) is 5.37. The second kappa shape index (κ2) is 6.35. The monoisotopic (exact) mass is 301 g/mol. The zero-order valence-corrected chi connectivity index (χ0v) is 12.9. The average molecular weight is 301 g/mol. The van der Waals surface area contributed by atoms with Crippen LogP contribution in [0, 0.1) is 6.92 Å². The largest absolute Gasteiger partial charge is 0.355 e. The first-order valence-electron chi connectivity index (χ1n) is 7.22. The van der Waals surface area contributed by atoms with Gasteiger partial charge in [0.05, 0.1) is 11.6 Å². The van der Waals surface area contributed by atoms with Gasteiger partial charge in [-0.2, -0.15) is 0 Å². The molecule has 0 radical (unpaired) electrons. The van der Waals surface area contributed by atoms with E-state index in [1.54, 1.807) is 24.3 Å². The van der Waals surface area contributed by atoms with Crippen molar-refractivity contribution in [2.24, 2.45) is 0 Å². The summed E-state index contributed by atoms with van der Waals surface area (Å²) in [6.45, 7) is 3.69. The van der Waals surface area contributed by atoms with Crippen LogP contribution in [0.5, 0.6) is 0 Å². The van der Waals surface area contributed by atoms with Gasteiger partial charge in [0.2, 0.25) is 5.91 Å². The fourth-order valence-corrected chi connectivity index (χ4v) is 3.80. The topological polar surface area (TPSA) is 46.9 Å². The van der Waals surface area contributed by atoms with Gasteiger partial charge in [0, 0.05) is 30.4 Å². The number of benzene rings is 1. The minimum absolute atomic E-state index is 0.0232. The predicted molar refractivity (Wildman–Crippen MR) is 84.4 cm³/mol. The summed E-state index contributed by atoms with van der Waals surface area (Å²) < 4.78 is 2.02. The highest BCUT2D eigenvalue weighted by molar-refractivity contribution is 8.01. The number of nitrogens with one attached hydrogen (secondary N) is 1. The summed E-state index contributed by atoms with van der Waals surface area (Å²) in [5.41, 5.74) is 2.55. The summed E-state index contributed by atoms with van der Waals surface area (Å²) >= 11 is 1.69. The second-order valence-corrected chi connectivity index (χ2v) is 6.61. The van der Waals surface area contributed by atoms with Crippen LogP contribution in [0.4, 0.5) is 0 Å². The fourth-order valence-electron chi connectivity index (χ4n) is 2.49. The number of rotatable bonds is 5. The fraction of sp³-hybridized carbons (Fsp3) is 0.375. The summed E-state index contributed by atoms with van der Waals surface area (Å²) in [5.74, 6) is 0.152. The van der Waals surface area contributed by atoms with Crippen molar-refractivity contribution in [2.75, 3.05) is 6.54 Å². The maximum atomic E-state index is 12.2. The molecule has 1 atom stereocenters. The maximum Gasteiger partial charge on any atom is 0.233 e. The van der Waals surface area contributed by atoms with Crippen molar-refractivity contribution < 1.29 is 4.79 Å². The van der Waals surface area contributed by atoms with E-state index in [1.165, 1.54) is 16.0 Å². The summed E-state index contributed by atoms with van der Waals surface area (Å²) in [4.78, 5) is 17.5. The molecule has 110 valence electrons. The lowest BCUT2D eigenvalue weighted by atomic mass is 10.1. The molecule has 3 rings (SSSR count). The number of imidazole rings is 1. The van der Waals surface area contributed by atoms with Crippen molar-refractivity contribution in [3.63, 3.8) is 0 Å². The van der Waals surface area contributed by atoms with E-state index in [1.807, 2.05) is 10.8 Å². The molecule has 1 N–H and O–H groups in total. The first-order chi connectivity index (χ1) is 10.2. The van der Waals surface area contributed by atoms with E-state index in [-0.39, 0.29) is 11.2 Å². The molecule has 0 saturated carbocycles. The third-order valence-electron chi connectivity index (χ3n) is 3.64. The molecule has 0 bridgehead atoms. The predicted octanol–water partition coefficient (Wildman–Crippen LogP) is 2.41. The van der Waals surface area contributed by atoms with Gasteiger partial charge in [0.1, 0.15) is 0 Å². The molecule has 1 aromatic heterocycles. The van der Waals surface area contributed by atoms with E-state index in [9.17, 15) is 4.79 Å². The zero-order valence-electron chi connectivity index (χ0n) is 12.1. The summed E-state index contributed by atoms with van der Waals surface area (Å²) in [6, 6.07) is 6.43. The van der Waals surface area contributed by atoms with Gasteiger partial charge in [-0.15, -0.1) is 11.8 Å². The van der Waals surface area contributed by atoms with Gasteiger partial charge in [-0.3, -0.25) is 4.79 Å². The molecular formula is C16H19N3OS. The molecule has 2 aromatic rings. The number of thioether (sulfide) groups is 1. The molecule has 21 heavy (non-hydrogen) atoms. The van der Waals surface area contributed by atoms with Crippen molar-refractivity contribution in [1.82, 2.24) is 14.9 Å². The van der Waals surface area contributed by atoms with Gasteiger partial charge in [-0.05, 0) is 31.4 Å². The number of hydrogen-bond acceptors (Lipinski definition) is 3. The number of carbonyl (C=O) groups is 1. The van der Waals surface area contributed by atoms with Crippen molar-refractivity contribution >= 4 is 17.7 Å². The molecule has 0 saturated heterocycles. The Hall–Kier alpha value is -1.75. The summed E-state index contributed by atoms with van der Waals surface area (Å²) in [5, 5.41) is 3.07. The van der Waals surface area contributed by atoms with E-state index in [0.717, 1.165) is 19.4 Å². The SMILES string of the molecule is Cc1ccc2c(c1)S[C@H](C(=O)NCCCn1ccnc1)C2. The number of aryl methyl sites for hydroxylation is 2. The molecular weight excluding hydrogens is 282 g/mol. The highest BCUT2D eigenvalue weighted by atomic mass is 32.2. The van der Waals surface area contributed by atoms with Crippen LogP contribution >= 0.6 is 11.8 Å². The molecule has 2 heterocycles. The highest BCUT2D eigenvalue weighted by Gasteiger charge is 2.27. The molecule has 4 nitrogen and oxygen atoms in total. The van der Waals surface area contributed by atoms with Crippen LogP contribution in [0.15, 0.2) is 41.8 Å². The number of fused-ring (bicyclic) bond motifs is 1. The molecule has 0 unspecified atom stereocenters. The van der Waals surface area contributed by atoms with Crippen LogP contribution < -0.4 is 5.32 Å². The molecule has 1 aromatic carbocycles. The van der Waals surface area contributed by atoms with Gasteiger partial charge in [0.15, 0.2) is 0 Å². The minimum atomic E-state index is 0.0232.